The number of rotatable bonds is 3. The summed E-state index contributed by atoms with van der Waals surface area (Å²) in [5.74, 6) is 1.48. The Kier molecular flexibility index (Phi) is 3.15. The Morgan fingerprint density at radius 2 is 2.05 bits per heavy atom. The topological polar surface area (TPSA) is 38.7 Å². The Morgan fingerprint density at radius 1 is 1.35 bits per heavy atom. The summed E-state index contributed by atoms with van der Waals surface area (Å²) >= 11 is 0. The summed E-state index contributed by atoms with van der Waals surface area (Å²) in [6, 6.07) is 9.01. The van der Waals surface area contributed by atoms with Gasteiger partial charge in [0.15, 0.2) is 0 Å². The highest BCUT2D eigenvalue weighted by atomic mass is 16.7. The zero-order valence-electron chi connectivity index (χ0n) is 12.3. The zero-order valence-corrected chi connectivity index (χ0v) is 12.3. The molecule has 0 bridgehead atoms. The number of carbonyl (C=O) groups is 1. The van der Waals surface area contributed by atoms with Crippen LogP contribution in [-0.4, -0.2) is 11.7 Å². The van der Waals surface area contributed by atoms with Crippen LogP contribution >= 0.6 is 0 Å². The summed E-state index contributed by atoms with van der Waals surface area (Å²) in [6.45, 7) is 6.77. The molecule has 1 aromatic carbocycles. The lowest BCUT2D eigenvalue weighted by Gasteiger charge is -2.15. The fourth-order valence-corrected chi connectivity index (χ4v) is 3.67. The van der Waals surface area contributed by atoms with E-state index in [2.05, 4.69) is 25.9 Å². The fourth-order valence-electron chi connectivity index (χ4n) is 3.67. The second-order valence-electron chi connectivity index (χ2n) is 6.49. The summed E-state index contributed by atoms with van der Waals surface area (Å²) in [7, 11) is 0. The molecule has 2 fully saturated rings. The van der Waals surface area contributed by atoms with Gasteiger partial charge in [0.2, 0.25) is 0 Å². The normalized spacial score (nSPS) is 33.3. The van der Waals surface area contributed by atoms with Crippen molar-refractivity contribution < 1.29 is 9.63 Å². The Morgan fingerprint density at radius 3 is 2.65 bits per heavy atom. The first-order valence-electron chi connectivity index (χ1n) is 7.38. The van der Waals surface area contributed by atoms with Crippen molar-refractivity contribution in [2.75, 3.05) is 0 Å². The van der Waals surface area contributed by atoms with E-state index in [0.29, 0.717) is 22.8 Å². The molecule has 20 heavy (non-hydrogen) atoms. The van der Waals surface area contributed by atoms with Gasteiger partial charge in [-0.25, -0.2) is 4.79 Å². The first kappa shape index (κ1) is 13.3. The van der Waals surface area contributed by atoms with Crippen molar-refractivity contribution in [1.29, 1.82) is 0 Å². The van der Waals surface area contributed by atoms with Gasteiger partial charge in [-0.15, -0.1) is 0 Å². The minimum absolute atomic E-state index is 0.371. The fraction of sp³-hybridized carbons (Fsp3) is 0.529. The predicted octanol–water partition coefficient (Wildman–Crippen LogP) is 3.90. The van der Waals surface area contributed by atoms with E-state index in [1.54, 1.807) is 12.1 Å². The quantitative estimate of drug-likeness (QED) is 0.617. The molecule has 0 amide bonds. The molecule has 0 N–H and O–H groups in total. The van der Waals surface area contributed by atoms with Gasteiger partial charge in [0.25, 0.3) is 0 Å². The number of hydrogen-bond donors (Lipinski definition) is 0. The molecule has 3 atom stereocenters. The van der Waals surface area contributed by atoms with Crippen LogP contribution in [0.3, 0.4) is 0 Å². The third kappa shape index (κ3) is 2.05. The van der Waals surface area contributed by atoms with Crippen LogP contribution in [0.4, 0.5) is 0 Å². The van der Waals surface area contributed by atoms with Gasteiger partial charge >= 0.3 is 5.97 Å². The summed E-state index contributed by atoms with van der Waals surface area (Å²) in [5.41, 5.74) is 2.03. The first-order valence-corrected chi connectivity index (χ1v) is 7.38. The van der Waals surface area contributed by atoms with Crippen LogP contribution in [-0.2, 0) is 4.84 Å². The highest BCUT2D eigenvalue weighted by molar-refractivity contribution is 5.93. The molecule has 0 heterocycles. The largest absolute Gasteiger partial charge is 0.365 e. The van der Waals surface area contributed by atoms with Crippen LogP contribution < -0.4 is 0 Å². The second kappa shape index (κ2) is 4.72. The van der Waals surface area contributed by atoms with Crippen molar-refractivity contribution in [3.05, 3.63) is 35.9 Å². The molecule has 3 nitrogen and oxygen atoms in total. The van der Waals surface area contributed by atoms with Crippen molar-refractivity contribution >= 4 is 11.7 Å². The van der Waals surface area contributed by atoms with Crippen LogP contribution in [0.25, 0.3) is 0 Å². The third-order valence-corrected chi connectivity index (χ3v) is 5.22. The van der Waals surface area contributed by atoms with Gasteiger partial charge in [-0.2, -0.15) is 0 Å². The van der Waals surface area contributed by atoms with Gasteiger partial charge in [-0.1, -0.05) is 44.1 Å². The van der Waals surface area contributed by atoms with Gasteiger partial charge < -0.3 is 4.84 Å². The molecule has 0 spiro atoms. The average molecular weight is 271 g/mol. The molecule has 0 radical (unpaired) electrons. The van der Waals surface area contributed by atoms with Crippen LogP contribution in [0, 0.1) is 23.2 Å². The van der Waals surface area contributed by atoms with Crippen molar-refractivity contribution in [1.82, 2.24) is 0 Å². The molecule has 2 aliphatic carbocycles. The molecular formula is C17H21NO2. The smallest absolute Gasteiger partial charge is 0.313 e. The molecule has 2 aliphatic rings. The Balaban J connectivity index is 1.68. The highest BCUT2D eigenvalue weighted by Gasteiger charge is 2.64. The van der Waals surface area contributed by atoms with Gasteiger partial charge in [-0.3, -0.25) is 0 Å². The Labute approximate surface area is 120 Å². The summed E-state index contributed by atoms with van der Waals surface area (Å²) < 4.78 is 0. The molecule has 106 valence electrons. The van der Waals surface area contributed by atoms with Crippen molar-refractivity contribution in [3.63, 3.8) is 0 Å². The van der Waals surface area contributed by atoms with E-state index in [1.807, 2.05) is 18.2 Å². The van der Waals surface area contributed by atoms with Crippen LogP contribution in [0.1, 0.15) is 44.0 Å². The molecule has 3 unspecified atom stereocenters. The highest BCUT2D eigenvalue weighted by Crippen LogP contribution is 2.68. The lowest BCUT2D eigenvalue weighted by molar-refractivity contribution is 0.0513. The minimum Gasteiger partial charge on any atom is -0.313 e. The first-order chi connectivity index (χ1) is 9.54. The van der Waals surface area contributed by atoms with Crippen molar-refractivity contribution in [2.24, 2.45) is 28.3 Å². The molecular weight excluding hydrogens is 250 g/mol. The predicted molar refractivity (Wildman–Crippen MR) is 78.5 cm³/mol. The van der Waals surface area contributed by atoms with Crippen molar-refractivity contribution in [2.45, 2.75) is 33.6 Å². The number of nitrogens with zero attached hydrogens (tertiary/aromatic N) is 1. The third-order valence-electron chi connectivity index (χ3n) is 5.22. The second-order valence-corrected chi connectivity index (χ2v) is 6.49. The SMILES string of the molecule is CC1/C(=N/OC(=O)c2ccccc2)CC2(C(C)C)CC12. The average Bonchev–Trinajstić information content (AvgIpc) is 3.13. The maximum absolute atomic E-state index is 11.9. The number of oxime groups is 1. The van der Waals surface area contributed by atoms with Crippen molar-refractivity contribution in [3.8, 4) is 0 Å². The number of benzene rings is 1. The number of hydrogen-bond acceptors (Lipinski definition) is 3. The number of carbonyl (C=O) groups excluding carboxylic acids is 1. The Bertz CT molecular complexity index is 549. The van der Waals surface area contributed by atoms with E-state index in [1.165, 1.54) is 6.42 Å². The molecule has 0 aromatic heterocycles. The molecule has 3 heteroatoms. The van der Waals surface area contributed by atoms with E-state index in [-0.39, 0.29) is 5.97 Å². The molecule has 2 saturated carbocycles. The monoisotopic (exact) mass is 271 g/mol. The standard InChI is InChI=1S/C17H21NO2/c1-11(2)17-9-14(17)12(3)15(10-17)18-20-16(19)13-7-5-4-6-8-13/h4-8,11-12,14H,9-10H2,1-3H3/b18-15+. The van der Waals surface area contributed by atoms with Crippen LogP contribution in [0.5, 0.6) is 0 Å². The van der Waals surface area contributed by atoms with Crippen LogP contribution in [0.15, 0.2) is 35.5 Å². The summed E-state index contributed by atoms with van der Waals surface area (Å²) in [6.07, 6.45) is 2.29. The van der Waals surface area contributed by atoms with E-state index >= 15 is 0 Å². The van der Waals surface area contributed by atoms with E-state index < -0.39 is 0 Å². The maximum atomic E-state index is 11.9. The molecule has 0 aliphatic heterocycles. The minimum atomic E-state index is -0.371. The zero-order chi connectivity index (χ0) is 14.3. The van der Waals surface area contributed by atoms with Gasteiger partial charge in [0, 0.05) is 5.92 Å². The van der Waals surface area contributed by atoms with Crippen LogP contribution in [0.2, 0.25) is 0 Å². The number of fused-ring (bicyclic) bond motifs is 1. The summed E-state index contributed by atoms with van der Waals surface area (Å²) in [5, 5.41) is 4.16. The van der Waals surface area contributed by atoms with E-state index in [0.717, 1.165) is 18.1 Å². The van der Waals surface area contributed by atoms with Gasteiger partial charge in [0.05, 0.1) is 11.3 Å². The van der Waals surface area contributed by atoms with Gasteiger partial charge in [0.1, 0.15) is 0 Å². The molecule has 1 aromatic rings. The van der Waals surface area contributed by atoms with E-state index in [9.17, 15) is 4.79 Å². The molecule has 0 saturated heterocycles. The Hall–Kier alpha value is -1.64. The maximum Gasteiger partial charge on any atom is 0.365 e. The van der Waals surface area contributed by atoms with E-state index in [4.69, 9.17) is 4.84 Å². The molecule has 3 rings (SSSR count). The van der Waals surface area contributed by atoms with Gasteiger partial charge in [-0.05, 0) is 42.2 Å². The lowest BCUT2D eigenvalue weighted by atomic mass is 9.90. The summed E-state index contributed by atoms with van der Waals surface area (Å²) in [4.78, 5) is 17.0. The lowest BCUT2D eigenvalue weighted by Crippen LogP contribution is -2.12.